The molecule has 0 amide bonds. The quantitative estimate of drug-likeness (QED) is 0.506. The molecular formula is C8H2F12O. The van der Waals surface area contributed by atoms with E-state index in [4.69, 9.17) is 0 Å². The van der Waals surface area contributed by atoms with Gasteiger partial charge in [-0.3, -0.25) is 0 Å². The van der Waals surface area contributed by atoms with E-state index >= 15 is 0 Å². The van der Waals surface area contributed by atoms with Gasteiger partial charge in [-0.05, 0) is 0 Å². The summed E-state index contributed by atoms with van der Waals surface area (Å²) in [5, 5.41) is 0. The van der Waals surface area contributed by atoms with Crippen LogP contribution in [0.15, 0.2) is 23.7 Å². The number of ether oxygens (including phenoxy) is 1. The molecule has 0 unspecified atom stereocenters. The van der Waals surface area contributed by atoms with E-state index in [1.165, 1.54) is 0 Å². The van der Waals surface area contributed by atoms with Crippen molar-refractivity contribution in [1.82, 2.24) is 0 Å². The van der Waals surface area contributed by atoms with E-state index in [1.54, 1.807) is 0 Å². The molecule has 0 aromatic heterocycles. The summed E-state index contributed by atoms with van der Waals surface area (Å²) in [5.41, 5.74) is -4.26. The highest BCUT2D eigenvalue weighted by atomic mass is 19.4. The molecule has 0 fully saturated rings. The highest BCUT2D eigenvalue weighted by molar-refractivity contribution is 5.25. The SMILES string of the molecule is C=C(OC(=C(C(F)(F)F)C(F)(F)F)C(F)(F)F)C(F)(F)F. The van der Waals surface area contributed by atoms with Gasteiger partial charge in [-0.15, -0.1) is 0 Å². The normalized spacial score (nSPS) is 13.9. The maximum atomic E-state index is 12.2. The number of halogens is 12. The van der Waals surface area contributed by atoms with Gasteiger partial charge in [0.15, 0.2) is 5.57 Å². The zero-order valence-electron chi connectivity index (χ0n) is 9.15. The predicted octanol–water partition coefficient (Wildman–Crippen LogP) is 5.02. The van der Waals surface area contributed by atoms with Crippen LogP contribution in [-0.2, 0) is 4.74 Å². The fourth-order valence-corrected chi connectivity index (χ4v) is 0.850. The molecule has 0 radical (unpaired) electrons. The second kappa shape index (κ2) is 5.33. The predicted molar refractivity (Wildman–Crippen MR) is 41.5 cm³/mol. The average molecular weight is 342 g/mol. The van der Waals surface area contributed by atoms with E-state index in [0.717, 1.165) is 0 Å². The molecule has 13 heteroatoms. The molecule has 0 saturated heterocycles. The summed E-state index contributed by atoms with van der Waals surface area (Å²) in [5.74, 6) is -6.79. The van der Waals surface area contributed by atoms with Gasteiger partial charge in [0.05, 0.1) is 0 Å². The van der Waals surface area contributed by atoms with Gasteiger partial charge in [-0.25, -0.2) is 0 Å². The Kier molecular flexibility index (Phi) is 4.93. The highest BCUT2D eigenvalue weighted by Crippen LogP contribution is 2.46. The first kappa shape index (κ1) is 19.4. The van der Waals surface area contributed by atoms with Crippen LogP contribution in [-0.4, -0.2) is 24.7 Å². The van der Waals surface area contributed by atoms with Gasteiger partial charge < -0.3 is 4.74 Å². The van der Waals surface area contributed by atoms with E-state index in [-0.39, 0.29) is 0 Å². The first-order valence-electron chi connectivity index (χ1n) is 4.28. The lowest BCUT2D eigenvalue weighted by atomic mass is 10.2. The Morgan fingerprint density at radius 1 is 0.571 bits per heavy atom. The van der Waals surface area contributed by atoms with Gasteiger partial charge >= 0.3 is 24.7 Å². The molecule has 0 spiro atoms. The molecule has 1 nitrogen and oxygen atoms in total. The first-order valence-corrected chi connectivity index (χ1v) is 4.28. The summed E-state index contributed by atoms with van der Waals surface area (Å²) in [7, 11) is 0. The summed E-state index contributed by atoms with van der Waals surface area (Å²) in [6.07, 6.45) is -25.6. The van der Waals surface area contributed by atoms with Crippen LogP contribution < -0.4 is 0 Å². The lowest BCUT2D eigenvalue weighted by Crippen LogP contribution is -2.33. The second-order valence-electron chi connectivity index (χ2n) is 3.22. The van der Waals surface area contributed by atoms with E-state index in [1.807, 2.05) is 6.58 Å². The Hall–Kier alpha value is -1.56. The highest BCUT2D eigenvalue weighted by Gasteiger charge is 2.59. The van der Waals surface area contributed by atoms with Crippen molar-refractivity contribution in [3.63, 3.8) is 0 Å². The van der Waals surface area contributed by atoms with Crippen molar-refractivity contribution < 1.29 is 57.4 Å². The molecule has 0 N–H and O–H groups in total. The molecule has 0 atom stereocenters. The molecule has 124 valence electrons. The van der Waals surface area contributed by atoms with Crippen molar-refractivity contribution in [2.75, 3.05) is 0 Å². The van der Waals surface area contributed by atoms with Crippen LogP contribution in [0.2, 0.25) is 0 Å². The lowest BCUT2D eigenvalue weighted by molar-refractivity contribution is -0.199. The minimum Gasteiger partial charge on any atom is -0.447 e. The molecule has 0 aliphatic heterocycles. The molecule has 0 heterocycles. The molecule has 0 rings (SSSR count). The minimum absolute atomic E-state index is 1.81. The molecule has 21 heavy (non-hydrogen) atoms. The minimum atomic E-state index is -6.66. The standard InChI is InChI=1S/C8H2F12O/c1-2(5(9,10)11)21-4(8(18,19)20)3(6(12,13)14)7(15,16)17/h1H2. The lowest BCUT2D eigenvalue weighted by Gasteiger charge is -2.22. The monoisotopic (exact) mass is 342 g/mol. The summed E-state index contributed by atoms with van der Waals surface area (Å²) in [4.78, 5) is 0. The Morgan fingerprint density at radius 3 is 1.10 bits per heavy atom. The zero-order valence-corrected chi connectivity index (χ0v) is 9.15. The summed E-state index contributed by atoms with van der Waals surface area (Å²) >= 11 is 0. The molecule has 0 aliphatic carbocycles. The second-order valence-corrected chi connectivity index (χ2v) is 3.22. The molecular weight excluding hydrogens is 340 g/mol. The maximum absolute atomic E-state index is 12.2. The van der Waals surface area contributed by atoms with Crippen molar-refractivity contribution >= 4 is 0 Å². The summed E-state index contributed by atoms with van der Waals surface area (Å²) < 4.78 is 147. The third kappa shape index (κ3) is 5.38. The number of hydrogen-bond donors (Lipinski definition) is 0. The fraction of sp³-hybridized carbons (Fsp3) is 0.500. The van der Waals surface area contributed by atoms with Crippen LogP contribution in [0.1, 0.15) is 0 Å². The number of hydrogen-bond acceptors (Lipinski definition) is 1. The summed E-state index contributed by atoms with van der Waals surface area (Å²) in [6.45, 7) is 1.81. The molecule has 0 aromatic carbocycles. The van der Waals surface area contributed by atoms with Crippen LogP contribution >= 0.6 is 0 Å². The Morgan fingerprint density at radius 2 is 0.905 bits per heavy atom. The zero-order chi connectivity index (χ0) is 17.4. The van der Waals surface area contributed by atoms with Gasteiger partial charge in [0.25, 0.3) is 0 Å². The Labute approximate surface area is 107 Å². The number of rotatable bonds is 2. The smallest absolute Gasteiger partial charge is 0.447 e. The molecule has 0 saturated carbocycles. The number of allylic oxidation sites excluding steroid dienone is 3. The Bertz CT molecular complexity index is 412. The van der Waals surface area contributed by atoms with Crippen molar-refractivity contribution in [2.24, 2.45) is 0 Å². The largest absolute Gasteiger partial charge is 0.450 e. The van der Waals surface area contributed by atoms with E-state index in [9.17, 15) is 52.7 Å². The Balaban J connectivity index is 6.23. The van der Waals surface area contributed by atoms with Gasteiger partial charge in [0, 0.05) is 0 Å². The van der Waals surface area contributed by atoms with Gasteiger partial charge in [-0.2, -0.15) is 52.7 Å². The van der Waals surface area contributed by atoms with Crippen molar-refractivity contribution in [3.8, 4) is 0 Å². The van der Waals surface area contributed by atoms with E-state index in [2.05, 4.69) is 4.74 Å². The first-order chi connectivity index (χ1) is 8.88. The molecule has 0 aliphatic rings. The van der Waals surface area contributed by atoms with Gasteiger partial charge in [-0.1, -0.05) is 6.58 Å². The van der Waals surface area contributed by atoms with Crippen molar-refractivity contribution in [1.29, 1.82) is 0 Å². The van der Waals surface area contributed by atoms with Crippen LogP contribution in [0.3, 0.4) is 0 Å². The van der Waals surface area contributed by atoms with Crippen LogP contribution in [0.5, 0.6) is 0 Å². The number of alkyl halides is 12. The van der Waals surface area contributed by atoms with Crippen LogP contribution in [0.4, 0.5) is 52.7 Å². The maximum Gasteiger partial charge on any atom is 0.450 e. The van der Waals surface area contributed by atoms with Crippen LogP contribution in [0.25, 0.3) is 0 Å². The van der Waals surface area contributed by atoms with E-state index < -0.39 is 41.8 Å². The van der Waals surface area contributed by atoms with Gasteiger partial charge in [0.2, 0.25) is 11.5 Å². The van der Waals surface area contributed by atoms with Crippen molar-refractivity contribution in [2.45, 2.75) is 24.7 Å². The van der Waals surface area contributed by atoms with Crippen molar-refractivity contribution in [3.05, 3.63) is 23.7 Å². The molecule has 0 aromatic rings. The van der Waals surface area contributed by atoms with Gasteiger partial charge in [0.1, 0.15) is 0 Å². The molecule has 0 bridgehead atoms. The fourth-order valence-electron chi connectivity index (χ4n) is 0.850. The topological polar surface area (TPSA) is 9.23 Å². The van der Waals surface area contributed by atoms with E-state index in [0.29, 0.717) is 0 Å². The third-order valence-electron chi connectivity index (χ3n) is 1.59. The third-order valence-corrected chi connectivity index (χ3v) is 1.59. The summed E-state index contributed by atoms with van der Waals surface area (Å²) in [6, 6.07) is 0. The average Bonchev–Trinajstić information content (AvgIpc) is 2.08. The van der Waals surface area contributed by atoms with Crippen LogP contribution in [0, 0.1) is 0 Å².